The van der Waals surface area contributed by atoms with Gasteiger partial charge in [0.15, 0.2) is 0 Å². The van der Waals surface area contributed by atoms with Gasteiger partial charge in [0, 0.05) is 29.8 Å². The Morgan fingerprint density at radius 2 is 1.81 bits per heavy atom. The van der Waals surface area contributed by atoms with Crippen molar-refractivity contribution >= 4 is 21.8 Å². The van der Waals surface area contributed by atoms with Crippen molar-refractivity contribution in [3.05, 3.63) is 68.5 Å². The van der Waals surface area contributed by atoms with Crippen LogP contribution in [-0.4, -0.2) is 28.5 Å². The zero-order valence-electron chi connectivity index (χ0n) is 15.2. The van der Waals surface area contributed by atoms with Crippen LogP contribution < -0.4 is 5.56 Å². The highest BCUT2D eigenvalue weighted by atomic mass is 79.9. The van der Waals surface area contributed by atoms with Crippen molar-refractivity contribution < 1.29 is 4.79 Å². The van der Waals surface area contributed by atoms with Gasteiger partial charge < -0.3 is 9.47 Å². The van der Waals surface area contributed by atoms with Crippen LogP contribution in [0.2, 0.25) is 0 Å². The molecule has 0 saturated carbocycles. The van der Waals surface area contributed by atoms with Crippen LogP contribution in [-0.2, 0) is 17.8 Å². The van der Waals surface area contributed by atoms with Gasteiger partial charge in [-0.3, -0.25) is 9.59 Å². The van der Waals surface area contributed by atoms with Crippen LogP contribution in [0.1, 0.15) is 30.4 Å². The Morgan fingerprint density at radius 1 is 1.12 bits per heavy atom. The maximum Gasteiger partial charge on any atom is 0.251 e. The van der Waals surface area contributed by atoms with Crippen molar-refractivity contribution in [3.8, 4) is 0 Å². The van der Waals surface area contributed by atoms with Gasteiger partial charge >= 0.3 is 0 Å². The quantitative estimate of drug-likeness (QED) is 0.743. The van der Waals surface area contributed by atoms with Crippen LogP contribution in [0.3, 0.4) is 0 Å². The zero-order valence-corrected chi connectivity index (χ0v) is 16.7. The summed E-state index contributed by atoms with van der Waals surface area (Å²) in [7, 11) is 0. The molecule has 1 fully saturated rings. The number of piperidine rings is 1. The van der Waals surface area contributed by atoms with Crippen molar-refractivity contribution in [2.24, 2.45) is 5.92 Å². The van der Waals surface area contributed by atoms with Gasteiger partial charge in [0.2, 0.25) is 5.91 Å². The molecule has 138 valence electrons. The molecule has 1 aromatic heterocycles. The molecule has 0 bridgehead atoms. The van der Waals surface area contributed by atoms with Crippen molar-refractivity contribution in [1.82, 2.24) is 9.47 Å². The van der Waals surface area contributed by atoms with Crippen LogP contribution in [0.25, 0.3) is 0 Å². The highest BCUT2D eigenvalue weighted by molar-refractivity contribution is 9.10. The molecule has 1 aromatic carbocycles. The summed E-state index contributed by atoms with van der Waals surface area (Å²) in [5.74, 6) is 0.705. The first-order valence-electron chi connectivity index (χ1n) is 9.20. The molecule has 1 saturated heterocycles. The fraction of sp³-hybridized carbons (Fsp3) is 0.429. The monoisotopic (exact) mass is 416 g/mol. The predicted molar refractivity (Wildman–Crippen MR) is 107 cm³/mol. The molecule has 0 radical (unpaired) electrons. The Labute approximate surface area is 163 Å². The van der Waals surface area contributed by atoms with E-state index in [9.17, 15) is 9.59 Å². The number of rotatable bonds is 5. The molecule has 4 nitrogen and oxygen atoms in total. The van der Waals surface area contributed by atoms with Gasteiger partial charge in [0.1, 0.15) is 6.54 Å². The number of halogens is 1. The van der Waals surface area contributed by atoms with Crippen LogP contribution in [0.4, 0.5) is 0 Å². The number of likely N-dealkylation sites (tertiary alicyclic amines) is 1. The van der Waals surface area contributed by atoms with E-state index in [1.54, 1.807) is 12.3 Å². The standard InChI is InChI=1S/C21H25BrN2O2/c1-16-2-4-17(5-3-16)6-7-18-10-12-23(13-11-18)21(26)15-24-14-19(22)8-9-20(24)25/h2-5,8-9,14,18H,6-7,10-13,15H2,1H3. The largest absolute Gasteiger partial charge is 0.341 e. The first-order chi connectivity index (χ1) is 12.5. The van der Waals surface area contributed by atoms with Gasteiger partial charge in [-0.15, -0.1) is 0 Å². The number of aryl methyl sites for hydroxylation is 2. The number of pyridine rings is 1. The van der Waals surface area contributed by atoms with Crippen LogP contribution >= 0.6 is 15.9 Å². The maximum atomic E-state index is 12.5. The van der Waals surface area contributed by atoms with Gasteiger partial charge in [-0.05, 0) is 66.1 Å². The van der Waals surface area contributed by atoms with Crippen molar-refractivity contribution in [1.29, 1.82) is 0 Å². The number of hydrogen-bond acceptors (Lipinski definition) is 2. The first-order valence-corrected chi connectivity index (χ1v) is 10.00. The lowest BCUT2D eigenvalue weighted by atomic mass is 9.90. The maximum absolute atomic E-state index is 12.5. The fourth-order valence-electron chi connectivity index (χ4n) is 3.47. The lowest BCUT2D eigenvalue weighted by Crippen LogP contribution is -2.41. The molecule has 5 heteroatoms. The molecular weight excluding hydrogens is 392 g/mol. The van der Waals surface area contributed by atoms with Crippen molar-refractivity contribution in [2.75, 3.05) is 13.1 Å². The SMILES string of the molecule is Cc1ccc(CCC2CCN(C(=O)Cn3cc(Br)ccc3=O)CC2)cc1. The lowest BCUT2D eigenvalue weighted by Gasteiger charge is -2.32. The van der Waals surface area contributed by atoms with E-state index in [2.05, 4.69) is 47.1 Å². The second kappa shape index (κ2) is 8.67. The van der Waals surface area contributed by atoms with E-state index >= 15 is 0 Å². The van der Waals surface area contributed by atoms with Gasteiger partial charge in [-0.2, -0.15) is 0 Å². The second-order valence-corrected chi connectivity index (χ2v) is 8.08. The minimum absolute atomic E-state index is 0.0298. The molecule has 1 amide bonds. The molecule has 2 heterocycles. The first kappa shape index (κ1) is 18.9. The number of hydrogen-bond donors (Lipinski definition) is 0. The van der Waals surface area contributed by atoms with Gasteiger partial charge in [0.25, 0.3) is 5.56 Å². The van der Waals surface area contributed by atoms with E-state index in [-0.39, 0.29) is 18.0 Å². The topological polar surface area (TPSA) is 42.3 Å². The molecule has 0 unspecified atom stereocenters. The Morgan fingerprint density at radius 3 is 2.50 bits per heavy atom. The average Bonchev–Trinajstić information content (AvgIpc) is 2.64. The third-order valence-electron chi connectivity index (χ3n) is 5.18. The summed E-state index contributed by atoms with van der Waals surface area (Å²) in [5, 5.41) is 0. The Balaban J connectivity index is 1.47. The van der Waals surface area contributed by atoms with E-state index in [4.69, 9.17) is 0 Å². The van der Waals surface area contributed by atoms with Crippen LogP contribution in [0.5, 0.6) is 0 Å². The van der Waals surface area contributed by atoms with E-state index in [0.717, 1.165) is 36.8 Å². The summed E-state index contributed by atoms with van der Waals surface area (Å²) in [5.41, 5.74) is 2.54. The molecule has 1 aliphatic heterocycles. The number of aromatic nitrogens is 1. The molecule has 3 rings (SSSR count). The summed E-state index contributed by atoms with van der Waals surface area (Å²) >= 11 is 3.35. The highest BCUT2D eigenvalue weighted by Gasteiger charge is 2.23. The number of amides is 1. The molecule has 0 atom stereocenters. The smallest absolute Gasteiger partial charge is 0.251 e. The van der Waals surface area contributed by atoms with Crippen molar-refractivity contribution in [3.63, 3.8) is 0 Å². The second-order valence-electron chi connectivity index (χ2n) is 7.16. The van der Waals surface area contributed by atoms with Crippen LogP contribution in [0, 0.1) is 12.8 Å². The third-order valence-corrected chi connectivity index (χ3v) is 5.65. The number of benzene rings is 1. The highest BCUT2D eigenvalue weighted by Crippen LogP contribution is 2.23. The summed E-state index contributed by atoms with van der Waals surface area (Å²) in [6, 6.07) is 11.9. The zero-order chi connectivity index (χ0) is 18.5. The van der Waals surface area contributed by atoms with E-state index in [0.29, 0.717) is 5.92 Å². The van der Waals surface area contributed by atoms with Crippen molar-refractivity contribution in [2.45, 2.75) is 39.2 Å². The Hall–Kier alpha value is -1.88. The molecule has 2 aromatic rings. The Kier molecular flexibility index (Phi) is 6.30. The number of carbonyl (C=O) groups excluding carboxylic acids is 1. The molecule has 26 heavy (non-hydrogen) atoms. The van der Waals surface area contributed by atoms with Crippen LogP contribution in [0.15, 0.2) is 51.9 Å². The summed E-state index contributed by atoms with van der Waals surface area (Å²) in [4.78, 5) is 26.3. The summed E-state index contributed by atoms with van der Waals surface area (Å²) in [6.07, 6.45) is 6.05. The van der Waals surface area contributed by atoms with E-state index in [1.807, 2.05) is 4.90 Å². The van der Waals surface area contributed by atoms with E-state index < -0.39 is 0 Å². The van der Waals surface area contributed by atoms with E-state index in [1.165, 1.54) is 28.2 Å². The number of nitrogens with zero attached hydrogens (tertiary/aromatic N) is 2. The van der Waals surface area contributed by atoms with Gasteiger partial charge in [0.05, 0.1) is 0 Å². The van der Waals surface area contributed by atoms with Gasteiger partial charge in [-0.1, -0.05) is 29.8 Å². The molecule has 0 spiro atoms. The molecule has 1 aliphatic rings. The molecular formula is C21H25BrN2O2. The molecule has 0 aliphatic carbocycles. The Bertz CT molecular complexity index is 806. The predicted octanol–water partition coefficient (Wildman–Crippen LogP) is 3.79. The average molecular weight is 417 g/mol. The third kappa shape index (κ3) is 5.07. The van der Waals surface area contributed by atoms with Gasteiger partial charge in [-0.25, -0.2) is 0 Å². The summed E-state index contributed by atoms with van der Waals surface area (Å²) in [6.45, 7) is 3.81. The summed E-state index contributed by atoms with van der Waals surface area (Å²) < 4.78 is 2.27. The molecule has 0 N–H and O–H groups in total. The number of carbonyl (C=O) groups is 1. The minimum Gasteiger partial charge on any atom is -0.341 e. The lowest BCUT2D eigenvalue weighted by molar-refractivity contribution is -0.133. The minimum atomic E-state index is -0.144. The normalized spacial score (nSPS) is 15.2. The fourth-order valence-corrected chi connectivity index (χ4v) is 3.85.